The van der Waals surface area contributed by atoms with Crippen molar-refractivity contribution in [3.8, 4) is 0 Å². The Bertz CT molecular complexity index is 324. The summed E-state index contributed by atoms with van der Waals surface area (Å²) in [5, 5.41) is 3.47. The SMILES string of the molecule is Fc1cccc(N2CCNCC2)c1Cl. The monoisotopic (exact) mass is 214 g/mol. The summed E-state index contributed by atoms with van der Waals surface area (Å²) < 4.78 is 13.2. The Morgan fingerprint density at radius 1 is 1.29 bits per heavy atom. The van der Waals surface area contributed by atoms with Gasteiger partial charge in [0.05, 0.1) is 10.7 Å². The highest BCUT2D eigenvalue weighted by molar-refractivity contribution is 6.33. The van der Waals surface area contributed by atoms with Gasteiger partial charge in [-0.2, -0.15) is 0 Å². The fraction of sp³-hybridized carbons (Fsp3) is 0.400. The molecule has 0 aromatic heterocycles. The van der Waals surface area contributed by atoms with Crippen LogP contribution in [0.15, 0.2) is 18.2 Å². The second-order valence-electron chi connectivity index (χ2n) is 3.31. The topological polar surface area (TPSA) is 15.3 Å². The molecule has 1 N–H and O–H groups in total. The van der Waals surface area contributed by atoms with Gasteiger partial charge < -0.3 is 10.2 Å². The third-order valence-electron chi connectivity index (χ3n) is 2.39. The van der Waals surface area contributed by atoms with Crippen LogP contribution >= 0.6 is 11.6 Å². The number of hydrogen-bond acceptors (Lipinski definition) is 2. The second kappa shape index (κ2) is 4.15. The first-order valence-electron chi connectivity index (χ1n) is 4.69. The van der Waals surface area contributed by atoms with E-state index in [4.69, 9.17) is 11.6 Å². The molecule has 2 nitrogen and oxygen atoms in total. The van der Waals surface area contributed by atoms with Gasteiger partial charge in [-0.25, -0.2) is 4.39 Å². The molecule has 0 radical (unpaired) electrons. The van der Waals surface area contributed by atoms with Gasteiger partial charge in [0.25, 0.3) is 0 Å². The Morgan fingerprint density at radius 3 is 2.71 bits per heavy atom. The van der Waals surface area contributed by atoms with E-state index in [1.54, 1.807) is 6.07 Å². The number of rotatable bonds is 1. The summed E-state index contributed by atoms with van der Waals surface area (Å²) in [7, 11) is 0. The zero-order chi connectivity index (χ0) is 9.97. The molecule has 0 amide bonds. The molecule has 0 saturated carbocycles. The number of anilines is 1. The minimum absolute atomic E-state index is 0.231. The van der Waals surface area contributed by atoms with Gasteiger partial charge in [0.2, 0.25) is 0 Å². The van der Waals surface area contributed by atoms with Crippen molar-refractivity contribution in [2.24, 2.45) is 0 Å². The molecular weight excluding hydrogens is 203 g/mol. The minimum Gasteiger partial charge on any atom is -0.368 e. The molecule has 0 bridgehead atoms. The molecule has 1 aliphatic heterocycles. The standard InChI is InChI=1S/C10H12ClFN2/c11-10-8(12)2-1-3-9(10)14-6-4-13-5-7-14/h1-3,13H,4-7H2. The van der Waals surface area contributed by atoms with Gasteiger partial charge in [0, 0.05) is 26.2 Å². The molecule has 76 valence electrons. The predicted molar refractivity (Wildman–Crippen MR) is 56.5 cm³/mol. The van der Waals surface area contributed by atoms with Crippen molar-refractivity contribution in [3.05, 3.63) is 29.0 Å². The summed E-state index contributed by atoms with van der Waals surface area (Å²) in [4.78, 5) is 2.10. The van der Waals surface area contributed by atoms with Gasteiger partial charge >= 0.3 is 0 Å². The van der Waals surface area contributed by atoms with Crippen molar-refractivity contribution in [1.29, 1.82) is 0 Å². The molecule has 1 fully saturated rings. The lowest BCUT2D eigenvalue weighted by Crippen LogP contribution is -2.43. The van der Waals surface area contributed by atoms with Gasteiger partial charge in [0.15, 0.2) is 0 Å². The molecule has 1 heterocycles. The van der Waals surface area contributed by atoms with Crippen LogP contribution in [0.4, 0.5) is 10.1 Å². The molecule has 1 saturated heterocycles. The minimum atomic E-state index is -0.345. The van der Waals surface area contributed by atoms with E-state index in [1.165, 1.54) is 6.07 Å². The van der Waals surface area contributed by atoms with Crippen LogP contribution in [0.25, 0.3) is 0 Å². The van der Waals surface area contributed by atoms with Gasteiger partial charge in [-0.15, -0.1) is 0 Å². The quantitative estimate of drug-likeness (QED) is 0.768. The zero-order valence-corrected chi connectivity index (χ0v) is 8.52. The van der Waals surface area contributed by atoms with Crippen molar-refractivity contribution in [2.75, 3.05) is 31.1 Å². The summed E-state index contributed by atoms with van der Waals surface area (Å²) in [6.45, 7) is 3.60. The van der Waals surface area contributed by atoms with E-state index in [2.05, 4.69) is 10.2 Å². The summed E-state index contributed by atoms with van der Waals surface area (Å²) in [6, 6.07) is 4.93. The van der Waals surface area contributed by atoms with E-state index in [1.807, 2.05) is 6.07 Å². The molecule has 14 heavy (non-hydrogen) atoms. The van der Waals surface area contributed by atoms with Gasteiger partial charge in [-0.1, -0.05) is 17.7 Å². The van der Waals surface area contributed by atoms with Gasteiger partial charge in [-0.05, 0) is 12.1 Å². The average molecular weight is 215 g/mol. The highest BCUT2D eigenvalue weighted by Crippen LogP contribution is 2.28. The summed E-state index contributed by atoms with van der Waals surface area (Å²) in [5.74, 6) is -0.345. The maximum atomic E-state index is 13.2. The number of hydrogen-bond donors (Lipinski definition) is 1. The highest BCUT2D eigenvalue weighted by Gasteiger charge is 2.14. The largest absolute Gasteiger partial charge is 0.368 e. The van der Waals surface area contributed by atoms with Gasteiger partial charge in [-0.3, -0.25) is 0 Å². The maximum Gasteiger partial charge on any atom is 0.143 e. The predicted octanol–water partition coefficient (Wildman–Crippen LogP) is 1.89. The van der Waals surface area contributed by atoms with Crippen LogP contribution in [-0.4, -0.2) is 26.2 Å². The van der Waals surface area contributed by atoms with E-state index in [0.717, 1.165) is 31.9 Å². The lowest BCUT2D eigenvalue weighted by atomic mass is 10.2. The van der Waals surface area contributed by atoms with Crippen LogP contribution in [0, 0.1) is 5.82 Å². The zero-order valence-electron chi connectivity index (χ0n) is 7.76. The van der Waals surface area contributed by atoms with E-state index in [9.17, 15) is 4.39 Å². The Kier molecular flexibility index (Phi) is 2.89. The number of halogens is 2. The fourth-order valence-electron chi connectivity index (χ4n) is 1.64. The van der Waals surface area contributed by atoms with Crippen LogP contribution in [0.5, 0.6) is 0 Å². The summed E-state index contributed by atoms with van der Waals surface area (Å²) in [5.41, 5.74) is 0.799. The summed E-state index contributed by atoms with van der Waals surface area (Å²) in [6.07, 6.45) is 0. The van der Waals surface area contributed by atoms with Crippen molar-refractivity contribution in [2.45, 2.75) is 0 Å². The molecule has 1 aromatic rings. The molecule has 0 unspecified atom stereocenters. The first-order valence-corrected chi connectivity index (χ1v) is 5.06. The average Bonchev–Trinajstić information content (AvgIpc) is 2.23. The lowest BCUT2D eigenvalue weighted by Gasteiger charge is -2.30. The molecule has 1 aromatic carbocycles. The van der Waals surface area contributed by atoms with Crippen LogP contribution in [0.2, 0.25) is 5.02 Å². The van der Waals surface area contributed by atoms with Gasteiger partial charge in [0.1, 0.15) is 5.82 Å². The number of nitrogens with zero attached hydrogens (tertiary/aromatic N) is 1. The van der Waals surface area contributed by atoms with Crippen molar-refractivity contribution < 1.29 is 4.39 Å². The number of nitrogens with one attached hydrogen (secondary N) is 1. The van der Waals surface area contributed by atoms with Crippen molar-refractivity contribution in [1.82, 2.24) is 5.32 Å². The lowest BCUT2D eigenvalue weighted by molar-refractivity contribution is 0.585. The van der Waals surface area contributed by atoms with Crippen LogP contribution in [0.3, 0.4) is 0 Å². The maximum absolute atomic E-state index is 13.2. The third-order valence-corrected chi connectivity index (χ3v) is 2.76. The van der Waals surface area contributed by atoms with Crippen LogP contribution < -0.4 is 10.2 Å². The van der Waals surface area contributed by atoms with E-state index < -0.39 is 0 Å². The normalized spacial score (nSPS) is 17.1. The molecule has 2 rings (SSSR count). The molecule has 0 spiro atoms. The molecule has 4 heteroatoms. The first-order chi connectivity index (χ1) is 6.79. The highest BCUT2D eigenvalue weighted by atomic mass is 35.5. The smallest absolute Gasteiger partial charge is 0.143 e. The Labute approximate surface area is 87.7 Å². The van der Waals surface area contributed by atoms with E-state index >= 15 is 0 Å². The van der Waals surface area contributed by atoms with Crippen molar-refractivity contribution in [3.63, 3.8) is 0 Å². The van der Waals surface area contributed by atoms with E-state index in [0.29, 0.717) is 0 Å². The Balaban J connectivity index is 2.26. The fourth-order valence-corrected chi connectivity index (χ4v) is 1.89. The molecular formula is C10H12ClFN2. The molecule has 0 atom stereocenters. The second-order valence-corrected chi connectivity index (χ2v) is 3.69. The van der Waals surface area contributed by atoms with Crippen molar-refractivity contribution >= 4 is 17.3 Å². The molecule has 0 aliphatic carbocycles. The Hall–Kier alpha value is -0.800. The summed E-state index contributed by atoms with van der Waals surface area (Å²) >= 11 is 5.89. The van der Waals surface area contributed by atoms with Crippen LogP contribution in [-0.2, 0) is 0 Å². The number of benzene rings is 1. The molecule has 1 aliphatic rings. The third kappa shape index (κ3) is 1.83. The Morgan fingerprint density at radius 2 is 2.00 bits per heavy atom. The number of piperazine rings is 1. The van der Waals surface area contributed by atoms with E-state index in [-0.39, 0.29) is 10.8 Å². The van der Waals surface area contributed by atoms with Crippen LogP contribution in [0.1, 0.15) is 0 Å². The first kappa shape index (κ1) is 9.74.